The van der Waals surface area contributed by atoms with Crippen molar-refractivity contribution >= 4 is 5.97 Å². The Morgan fingerprint density at radius 1 is 1.64 bits per heavy atom. The van der Waals surface area contributed by atoms with Gasteiger partial charge in [0, 0.05) is 31.4 Å². The first kappa shape index (κ1) is 11.0. The van der Waals surface area contributed by atoms with Crippen molar-refractivity contribution in [1.82, 2.24) is 10.2 Å². The summed E-state index contributed by atoms with van der Waals surface area (Å²) in [5.41, 5.74) is 0. The van der Waals surface area contributed by atoms with Crippen molar-refractivity contribution in [3.63, 3.8) is 0 Å². The van der Waals surface area contributed by atoms with Gasteiger partial charge in [-0.25, -0.2) is 4.79 Å². The number of ether oxygens (including phenoxy) is 1. The zero-order valence-corrected chi connectivity index (χ0v) is 8.82. The third kappa shape index (κ3) is 4.28. The number of hydrogen-bond acceptors (Lipinski definition) is 4. The van der Waals surface area contributed by atoms with Crippen LogP contribution in [0.15, 0.2) is 12.3 Å². The molecule has 0 aromatic heterocycles. The van der Waals surface area contributed by atoms with E-state index in [1.807, 2.05) is 0 Å². The number of rotatable bonds is 6. The number of nitrogens with one attached hydrogen (secondary N) is 1. The predicted molar refractivity (Wildman–Crippen MR) is 54.8 cm³/mol. The van der Waals surface area contributed by atoms with Crippen molar-refractivity contribution in [2.75, 3.05) is 27.2 Å². The molecule has 0 atom stereocenters. The smallest absolute Gasteiger partial charge is 0.331 e. The van der Waals surface area contributed by atoms with E-state index in [-0.39, 0.29) is 5.97 Å². The molecular formula is C10H18N2O2. The van der Waals surface area contributed by atoms with E-state index in [0.29, 0.717) is 0 Å². The summed E-state index contributed by atoms with van der Waals surface area (Å²) in [7, 11) is 3.50. The predicted octanol–water partition coefficient (Wildman–Crippen LogP) is 0.357. The Morgan fingerprint density at radius 3 is 2.93 bits per heavy atom. The van der Waals surface area contributed by atoms with Crippen LogP contribution in [0.3, 0.4) is 0 Å². The Balaban J connectivity index is 1.97. The minimum Gasteiger partial charge on any atom is -0.466 e. The van der Waals surface area contributed by atoms with E-state index in [9.17, 15) is 4.79 Å². The largest absolute Gasteiger partial charge is 0.466 e. The van der Waals surface area contributed by atoms with E-state index in [1.165, 1.54) is 26.0 Å². The Hall–Kier alpha value is -1.03. The highest BCUT2D eigenvalue weighted by Gasteiger charge is 2.25. The Bertz CT molecular complexity index is 212. The summed E-state index contributed by atoms with van der Waals surface area (Å²) in [4.78, 5) is 13.0. The molecule has 0 amide bonds. The summed E-state index contributed by atoms with van der Waals surface area (Å²) in [6, 6.07) is 0.793. The number of likely N-dealkylation sites (N-methyl/N-ethyl adjacent to an activating group) is 1. The average Bonchev–Trinajstić information content (AvgIpc) is 2.99. The molecular weight excluding hydrogens is 180 g/mol. The van der Waals surface area contributed by atoms with E-state index in [2.05, 4.69) is 22.0 Å². The second kappa shape index (κ2) is 5.65. The first-order valence-corrected chi connectivity index (χ1v) is 4.92. The second-order valence-corrected chi connectivity index (χ2v) is 3.52. The third-order valence-corrected chi connectivity index (χ3v) is 2.32. The van der Waals surface area contributed by atoms with Crippen molar-refractivity contribution in [3.05, 3.63) is 12.3 Å². The van der Waals surface area contributed by atoms with Crippen LogP contribution in [0.2, 0.25) is 0 Å². The van der Waals surface area contributed by atoms with Gasteiger partial charge in [0.15, 0.2) is 0 Å². The first-order chi connectivity index (χ1) is 6.74. The lowest BCUT2D eigenvalue weighted by atomic mass is 10.5. The molecule has 14 heavy (non-hydrogen) atoms. The van der Waals surface area contributed by atoms with Crippen LogP contribution in [-0.4, -0.2) is 44.2 Å². The minimum absolute atomic E-state index is 0.326. The van der Waals surface area contributed by atoms with E-state index in [0.717, 1.165) is 19.1 Å². The summed E-state index contributed by atoms with van der Waals surface area (Å²) in [6.07, 6.45) is 5.67. The summed E-state index contributed by atoms with van der Waals surface area (Å²) >= 11 is 0. The fourth-order valence-electron chi connectivity index (χ4n) is 1.22. The molecule has 0 aromatic rings. The summed E-state index contributed by atoms with van der Waals surface area (Å²) < 4.78 is 4.45. The molecule has 0 spiro atoms. The molecule has 1 aliphatic rings. The Morgan fingerprint density at radius 2 is 2.36 bits per heavy atom. The Kier molecular flexibility index (Phi) is 4.46. The van der Waals surface area contributed by atoms with E-state index in [4.69, 9.17) is 0 Å². The Labute approximate surface area is 84.9 Å². The highest BCUT2D eigenvalue weighted by Crippen LogP contribution is 2.24. The molecule has 1 aliphatic carbocycles. The van der Waals surface area contributed by atoms with Gasteiger partial charge in [0.1, 0.15) is 0 Å². The lowest BCUT2D eigenvalue weighted by molar-refractivity contribution is -0.134. The maximum atomic E-state index is 10.7. The van der Waals surface area contributed by atoms with E-state index in [1.54, 1.807) is 6.20 Å². The number of carbonyl (C=O) groups is 1. The molecule has 80 valence electrons. The number of esters is 1. The maximum Gasteiger partial charge on any atom is 0.331 e. The highest BCUT2D eigenvalue weighted by molar-refractivity contribution is 5.81. The molecule has 0 unspecified atom stereocenters. The van der Waals surface area contributed by atoms with Gasteiger partial charge in [0.25, 0.3) is 0 Å². The van der Waals surface area contributed by atoms with Gasteiger partial charge in [-0.05, 0) is 19.9 Å². The molecule has 0 saturated heterocycles. The molecule has 0 bridgehead atoms. The molecule has 1 fully saturated rings. The fraction of sp³-hybridized carbons (Fsp3) is 0.700. The van der Waals surface area contributed by atoms with Crippen molar-refractivity contribution in [1.29, 1.82) is 0 Å². The molecule has 0 aliphatic heterocycles. The number of carbonyl (C=O) groups excluding carboxylic acids is 1. The number of hydrogen-bond donors (Lipinski definition) is 1. The maximum absolute atomic E-state index is 10.7. The minimum atomic E-state index is -0.326. The SMILES string of the molecule is COC(=O)/C=C/NCCN(C)C1CC1. The molecule has 1 saturated carbocycles. The van der Waals surface area contributed by atoms with Gasteiger partial charge >= 0.3 is 5.97 Å². The van der Waals surface area contributed by atoms with Crippen LogP contribution in [-0.2, 0) is 9.53 Å². The first-order valence-electron chi connectivity index (χ1n) is 4.92. The quantitative estimate of drug-likeness (QED) is 0.380. The normalized spacial score (nSPS) is 16.2. The van der Waals surface area contributed by atoms with Crippen molar-refractivity contribution in [2.45, 2.75) is 18.9 Å². The van der Waals surface area contributed by atoms with Crippen LogP contribution < -0.4 is 5.32 Å². The zero-order chi connectivity index (χ0) is 10.4. The van der Waals surface area contributed by atoms with Crippen LogP contribution in [0.4, 0.5) is 0 Å². The third-order valence-electron chi connectivity index (χ3n) is 2.32. The molecule has 4 heteroatoms. The summed E-state index contributed by atoms with van der Waals surface area (Å²) in [6.45, 7) is 1.87. The molecule has 0 aromatic carbocycles. The van der Waals surface area contributed by atoms with E-state index >= 15 is 0 Å². The van der Waals surface area contributed by atoms with Gasteiger partial charge in [-0.3, -0.25) is 0 Å². The number of nitrogens with zero attached hydrogens (tertiary/aromatic N) is 1. The van der Waals surface area contributed by atoms with Crippen molar-refractivity contribution in [2.24, 2.45) is 0 Å². The van der Waals surface area contributed by atoms with Gasteiger partial charge in [0.2, 0.25) is 0 Å². The van der Waals surface area contributed by atoms with Crippen LogP contribution in [0.5, 0.6) is 0 Å². The average molecular weight is 198 g/mol. The fourth-order valence-corrected chi connectivity index (χ4v) is 1.22. The molecule has 1 rings (SSSR count). The number of methoxy groups -OCH3 is 1. The van der Waals surface area contributed by atoms with Gasteiger partial charge in [-0.15, -0.1) is 0 Å². The molecule has 1 N–H and O–H groups in total. The van der Waals surface area contributed by atoms with Crippen LogP contribution in [0, 0.1) is 0 Å². The van der Waals surface area contributed by atoms with Crippen LogP contribution in [0.1, 0.15) is 12.8 Å². The van der Waals surface area contributed by atoms with Crippen LogP contribution in [0.25, 0.3) is 0 Å². The second-order valence-electron chi connectivity index (χ2n) is 3.52. The topological polar surface area (TPSA) is 41.6 Å². The monoisotopic (exact) mass is 198 g/mol. The molecule has 0 heterocycles. The summed E-state index contributed by atoms with van der Waals surface area (Å²) in [5, 5.41) is 3.04. The van der Waals surface area contributed by atoms with Gasteiger partial charge in [-0.2, -0.15) is 0 Å². The molecule has 0 radical (unpaired) electrons. The summed E-state index contributed by atoms with van der Waals surface area (Å²) in [5.74, 6) is -0.326. The van der Waals surface area contributed by atoms with Gasteiger partial charge < -0.3 is 15.0 Å². The zero-order valence-electron chi connectivity index (χ0n) is 8.82. The van der Waals surface area contributed by atoms with E-state index < -0.39 is 0 Å². The van der Waals surface area contributed by atoms with Crippen LogP contribution >= 0.6 is 0 Å². The standard InChI is InChI=1S/C10H18N2O2/c1-12(9-3-4-9)8-7-11-6-5-10(13)14-2/h5-6,9,11H,3-4,7-8H2,1-2H3/b6-5+. The highest BCUT2D eigenvalue weighted by atomic mass is 16.5. The van der Waals surface area contributed by atoms with Gasteiger partial charge in [-0.1, -0.05) is 0 Å². The lowest BCUT2D eigenvalue weighted by Gasteiger charge is -2.14. The van der Waals surface area contributed by atoms with Crippen molar-refractivity contribution < 1.29 is 9.53 Å². The lowest BCUT2D eigenvalue weighted by Crippen LogP contribution is -2.28. The van der Waals surface area contributed by atoms with Gasteiger partial charge in [0.05, 0.1) is 7.11 Å². The molecule has 4 nitrogen and oxygen atoms in total. The van der Waals surface area contributed by atoms with Crippen molar-refractivity contribution in [3.8, 4) is 0 Å².